The Hall–Kier alpha value is -2.20. The fourth-order valence-corrected chi connectivity index (χ4v) is 2.01. The van der Waals surface area contributed by atoms with Crippen molar-refractivity contribution >= 4 is 34.7 Å². The van der Waals surface area contributed by atoms with Crippen LogP contribution in [-0.4, -0.2) is 13.1 Å². The highest BCUT2D eigenvalue weighted by Gasteiger charge is 2.14. The third kappa shape index (κ3) is 3.22. The van der Waals surface area contributed by atoms with Crippen LogP contribution in [0.25, 0.3) is 0 Å². The van der Waals surface area contributed by atoms with Crippen LogP contribution in [0.4, 0.5) is 21.9 Å². The third-order valence-corrected chi connectivity index (χ3v) is 3.16. The van der Waals surface area contributed by atoms with Crippen LogP contribution in [-0.2, 0) is 0 Å². The number of benzene rings is 2. The van der Waals surface area contributed by atoms with Crippen LogP contribution < -0.4 is 16.0 Å². The summed E-state index contributed by atoms with van der Waals surface area (Å²) in [5.41, 5.74) is 8.75. The molecule has 0 unspecified atom stereocenters. The van der Waals surface area contributed by atoms with Crippen molar-refractivity contribution in [2.75, 3.05) is 23.0 Å². The van der Waals surface area contributed by atoms with Gasteiger partial charge in [0.25, 0.3) is 0 Å². The van der Waals surface area contributed by atoms with Crippen LogP contribution in [0.5, 0.6) is 0 Å². The summed E-state index contributed by atoms with van der Waals surface area (Å²) in [5.74, 6) is 0. The Bertz CT molecular complexity index is 643. The number of amides is 2. The van der Waals surface area contributed by atoms with Crippen LogP contribution in [0.2, 0.25) is 5.02 Å². The number of nitrogen functional groups attached to an aromatic ring is 1. The van der Waals surface area contributed by atoms with Gasteiger partial charge >= 0.3 is 6.03 Å². The van der Waals surface area contributed by atoms with Crippen LogP contribution in [0.3, 0.4) is 0 Å². The third-order valence-electron chi connectivity index (χ3n) is 2.93. The van der Waals surface area contributed by atoms with Crippen molar-refractivity contribution in [2.24, 2.45) is 0 Å². The number of hydrogen-bond acceptors (Lipinski definition) is 2. The second kappa shape index (κ2) is 5.84. The minimum atomic E-state index is -0.274. The number of anilines is 3. The quantitative estimate of drug-likeness (QED) is 0.824. The normalized spacial score (nSPS) is 10.2. The average molecular weight is 290 g/mol. The van der Waals surface area contributed by atoms with Gasteiger partial charge in [0, 0.05) is 17.8 Å². The number of carbonyl (C=O) groups is 1. The maximum absolute atomic E-state index is 12.2. The average Bonchev–Trinajstić information content (AvgIpc) is 2.40. The summed E-state index contributed by atoms with van der Waals surface area (Å²) in [6.45, 7) is 1.97. The van der Waals surface area contributed by atoms with Gasteiger partial charge in [-0.15, -0.1) is 0 Å². The van der Waals surface area contributed by atoms with Gasteiger partial charge in [0.2, 0.25) is 0 Å². The molecule has 0 atom stereocenters. The van der Waals surface area contributed by atoms with Crippen molar-refractivity contribution in [1.29, 1.82) is 0 Å². The van der Waals surface area contributed by atoms with E-state index in [1.807, 2.05) is 31.2 Å². The van der Waals surface area contributed by atoms with Crippen molar-refractivity contribution < 1.29 is 4.79 Å². The Kier molecular flexibility index (Phi) is 4.15. The van der Waals surface area contributed by atoms with Gasteiger partial charge in [0.1, 0.15) is 0 Å². The number of hydrogen-bond donors (Lipinski definition) is 2. The molecule has 2 rings (SSSR count). The number of nitrogens with one attached hydrogen (secondary N) is 1. The summed E-state index contributed by atoms with van der Waals surface area (Å²) < 4.78 is 0. The van der Waals surface area contributed by atoms with E-state index in [1.165, 1.54) is 4.90 Å². The Morgan fingerprint density at radius 2 is 2.00 bits per heavy atom. The molecule has 2 amide bonds. The van der Waals surface area contributed by atoms with Gasteiger partial charge in [0.05, 0.1) is 11.4 Å². The molecule has 4 nitrogen and oxygen atoms in total. The summed E-state index contributed by atoms with van der Waals surface area (Å²) in [5, 5.41) is 3.35. The molecule has 0 spiro atoms. The lowest BCUT2D eigenvalue weighted by Gasteiger charge is -2.20. The molecule has 0 heterocycles. The van der Waals surface area contributed by atoms with E-state index in [0.29, 0.717) is 16.4 Å². The molecule has 0 aliphatic carbocycles. The zero-order valence-corrected chi connectivity index (χ0v) is 12.1. The van der Waals surface area contributed by atoms with Crippen LogP contribution in [0.1, 0.15) is 5.56 Å². The van der Waals surface area contributed by atoms with E-state index in [9.17, 15) is 4.79 Å². The number of rotatable bonds is 2. The molecule has 0 aromatic heterocycles. The first-order valence-electron chi connectivity index (χ1n) is 6.14. The lowest BCUT2D eigenvalue weighted by molar-refractivity contribution is 0.258. The highest BCUT2D eigenvalue weighted by molar-refractivity contribution is 6.31. The predicted molar refractivity (Wildman–Crippen MR) is 84.5 cm³/mol. The SMILES string of the molecule is Cc1cccc(NC(=O)N(C)c2cc(Cl)ccc2N)c1. The van der Waals surface area contributed by atoms with E-state index < -0.39 is 0 Å². The fourth-order valence-electron chi connectivity index (χ4n) is 1.85. The second-order valence-electron chi connectivity index (χ2n) is 4.56. The van der Waals surface area contributed by atoms with Gasteiger partial charge in [-0.25, -0.2) is 4.79 Å². The summed E-state index contributed by atoms with van der Waals surface area (Å²) in [6.07, 6.45) is 0. The number of nitrogens with two attached hydrogens (primary N) is 1. The van der Waals surface area contributed by atoms with E-state index in [-0.39, 0.29) is 6.03 Å². The van der Waals surface area contributed by atoms with Gasteiger partial charge in [-0.2, -0.15) is 0 Å². The van der Waals surface area contributed by atoms with Crippen molar-refractivity contribution in [1.82, 2.24) is 0 Å². The van der Waals surface area contributed by atoms with E-state index in [0.717, 1.165) is 11.3 Å². The molecule has 0 aliphatic heterocycles. The summed E-state index contributed by atoms with van der Waals surface area (Å²) >= 11 is 5.93. The molecule has 0 bridgehead atoms. The monoisotopic (exact) mass is 289 g/mol. The van der Waals surface area contributed by atoms with E-state index in [4.69, 9.17) is 17.3 Å². The zero-order chi connectivity index (χ0) is 14.7. The molecule has 0 aliphatic rings. The summed E-state index contributed by atoms with van der Waals surface area (Å²) in [7, 11) is 1.65. The first kappa shape index (κ1) is 14.2. The van der Waals surface area contributed by atoms with Crippen LogP contribution in [0, 0.1) is 6.92 Å². The Labute approximate surface area is 123 Å². The summed E-state index contributed by atoms with van der Waals surface area (Å²) in [4.78, 5) is 13.6. The standard InChI is InChI=1S/C15H16ClN3O/c1-10-4-3-5-12(8-10)18-15(20)19(2)14-9-11(16)6-7-13(14)17/h3-9H,17H2,1-2H3,(H,18,20). The molecule has 0 saturated heterocycles. The van der Waals surface area contributed by atoms with E-state index in [2.05, 4.69) is 5.32 Å². The van der Waals surface area contributed by atoms with Crippen molar-refractivity contribution in [2.45, 2.75) is 6.92 Å². The largest absolute Gasteiger partial charge is 0.397 e. The predicted octanol–water partition coefficient (Wildman–Crippen LogP) is 3.90. The van der Waals surface area contributed by atoms with Gasteiger partial charge in [0.15, 0.2) is 0 Å². The number of aryl methyl sites for hydroxylation is 1. The highest BCUT2D eigenvalue weighted by Crippen LogP contribution is 2.26. The lowest BCUT2D eigenvalue weighted by atomic mass is 10.2. The minimum absolute atomic E-state index is 0.274. The lowest BCUT2D eigenvalue weighted by Crippen LogP contribution is -2.31. The minimum Gasteiger partial charge on any atom is -0.397 e. The smallest absolute Gasteiger partial charge is 0.326 e. The fraction of sp³-hybridized carbons (Fsp3) is 0.133. The molecule has 2 aromatic carbocycles. The molecular formula is C15H16ClN3O. The van der Waals surface area contributed by atoms with Gasteiger partial charge in [-0.05, 0) is 42.8 Å². The molecule has 2 aromatic rings. The highest BCUT2D eigenvalue weighted by atomic mass is 35.5. The van der Waals surface area contributed by atoms with Crippen LogP contribution >= 0.6 is 11.6 Å². The molecule has 0 saturated carbocycles. The summed E-state index contributed by atoms with van der Waals surface area (Å²) in [6, 6.07) is 12.3. The number of halogens is 1. The maximum atomic E-state index is 12.2. The molecule has 0 fully saturated rings. The molecule has 104 valence electrons. The Morgan fingerprint density at radius 1 is 1.25 bits per heavy atom. The second-order valence-corrected chi connectivity index (χ2v) is 5.00. The molecule has 0 radical (unpaired) electrons. The van der Waals surface area contributed by atoms with Crippen LogP contribution in [0.15, 0.2) is 42.5 Å². The maximum Gasteiger partial charge on any atom is 0.326 e. The van der Waals surface area contributed by atoms with Crippen molar-refractivity contribution in [3.05, 3.63) is 53.1 Å². The van der Waals surface area contributed by atoms with Gasteiger partial charge < -0.3 is 11.1 Å². The number of nitrogens with zero attached hydrogens (tertiary/aromatic N) is 1. The Balaban J connectivity index is 2.18. The van der Waals surface area contributed by atoms with E-state index >= 15 is 0 Å². The van der Waals surface area contributed by atoms with Gasteiger partial charge in [-0.3, -0.25) is 4.90 Å². The first-order valence-corrected chi connectivity index (χ1v) is 6.51. The van der Waals surface area contributed by atoms with E-state index in [1.54, 1.807) is 25.2 Å². The Morgan fingerprint density at radius 3 is 2.70 bits per heavy atom. The van der Waals surface area contributed by atoms with Crippen molar-refractivity contribution in [3.8, 4) is 0 Å². The van der Waals surface area contributed by atoms with Crippen molar-refractivity contribution in [3.63, 3.8) is 0 Å². The molecule has 20 heavy (non-hydrogen) atoms. The molecule has 3 N–H and O–H groups in total. The molecular weight excluding hydrogens is 274 g/mol. The topological polar surface area (TPSA) is 58.4 Å². The number of carbonyl (C=O) groups excluding carboxylic acids is 1. The molecule has 5 heteroatoms. The number of urea groups is 1. The zero-order valence-electron chi connectivity index (χ0n) is 11.4. The first-order chi connectivity index (χ1) is 9.47. The van der Waals surface area contributed by atoms with Gasteiger partial charge in [-0.1, -0.05) is 23.7 Å².